The van der Waals surface area contributed by atoms with Gasteiger partial charge in [0.1, 0.15) is 0 Å². The number of likely N-dealkylation sites (tertiary alicyclic amines) is 1. The van der Waals surface area contributed by atoms with Crippen molar-refractivity contribution in [3.8, 4) is 0 Å². The summed E-state index contributed by atoms with van der Waals surface area (Å²) >= 11 is 0. The highest BCUT2D eigenvalue weighted by Crippen LogP contribution is 2.29. The van der Waals surface area contributed by atoms with Crippen molar-refractivity contribution < 1.29 is 0 Å². The summed E-state index contributed by atoms with van der Waals surface area (Å²) in [5, 5.41) is 3.75. The van der Waals surface area contributed by atoms with Gasteiger partial charge in [-0.3, -0.25) is 4.90 Å². The molecule has 1 aliphatic heterocycles. The van der Waals surface area contributed by atoms with E-state index in [9.17, 15) is 0 Å². The third-order valence-electron chi connectivity index (χ3n) is 5.15. The highest BCUT2D eigenvalue weighted by molar-refractivity contribution is 5.19. The van der Waals surface area contributed by atoms with Gasteiger partial charge < -0.3 is 5.32 Å². The summed E-state index contributed by atoms with van der Waals surface area (Å²) in [4.78, 5) is 2.72. The molecule has 2 heteroatoms. The zero-order valence-electron chi connectivity index (χ0n) is 13.4. The Kier molecular flexibility index (Phi) is 5.32. The first-order valence-electron chi connectivity index (χ1n) is 8.89. The number of nitrogens with one attached hydrogen (secondary N) is 1. The van der Waals surface area contributed by atoms with Crippen LogP contribution in [-0.2, 0) is 0 Å². The maximum Gasteiger partial charge on any atom is 0.0472 e. The van der Waals surface area contributed by atoms with E-state index in [1.807, 2.05) is 0 Å². The summed E-state index contributed by atoms with van der Waals surface area (Å²) in [6.45, 7) is 5.99. The van der Waals surface area contributed by atoms with Crippen molar-refractivity contribution in [3.63, 3.8) is 0 Å². The van der Waals surface area contributed by atoms with Crippen LogP contribution in [-0.4, -0.2) is 30.6 Å². The van der Waals surface area contributed by atoms with Crippen LogP contribution in [0.4, 0.5) is 0 Å². The highest BCUT2D eigenvalue weighted by Gasteiger charge is 2.28. The van der Waals surface area contributed by atoms with Gasteiger partial charge in [0.25, 0.3) is 0 Å². The second-order valence-corrected chi connectivity index (χ2v) is 6.88. The Balaban J connectivity index is 1.61. The van der Waals surface area contributed by atoms with Gasteiger partial charge in [-0.25, -0.2) is 0 Å². The summed E-state index contributed by atoms with van der Waals surface area (Å²) in [6, 6.07) is 12.5. The number of hydrogen-bond donors (Lipinski definition) is 1. The summed E-state index contributed by atoms with van der Waals surface area (Å²) in [6.07, 6.45) is 8.29. The summed E-state index contributed by atoms with van der Waals surface area (Å²) in [5.41, 5.74) is 1.49. The van der Waals surface area contributed by atoms with Gasteiger partial charge in [0.05, 0.1) is 0 Å². The lowest BCUT2D eigenvalue weighted by Crippen LogP contribution is -2.41. The first kappa shape index (κ1) is 15.1. The number of hydrogen-bond acceptors (Lipinski definition) is 2. The van der Waals surface area contributed by atoms with Crippen molar-refractivity contribution in [2.45, 2.75) is 57.5 Å². The van der Waals surface area contributed by atoms with Gasteiger partial charge in [-0.15, -0.1) is 0 Å². The summed E-state index contributed by atoms with van der Waals surface area (Å²) in [5.74, 6) is 0.971. The zero-order chi connectivity index (χ0) is 14.5. The Morgan fingerprint density at radius 1 is 1.10 bits per heavy atom. The zero-order valence-corrected chi connectivity index (χ0v) is 13.4. The molecule has 1 saturated carbocycles. The average Bonchev–Trinajstić information content (AvgIpc) is 3.35. The monoisotopic (exact) mass is 286 g/mol. The average molecular weight is 286 g/mol. The minimum Gasteiger partial charge on any atom is -0.312 e. The fourth-order valence-electron chi connectivity index (χ4n) is 3.66. The smallest absolute Gasteiger partial charge is 0.0472 e. The van der Waals surface area contributed by atoms with Crippen molar-refractivity contribution in [2.75, 3.05) is 19.6 Å². The molecule has 0 bridgehead atoms. The molecule has 2 nitrogen and oxygen atoms in total. The van der Waals surface area contributed by atoms with Crippen molar-refractivity contribution in [2.24, 2.45) is 5.92 Å². The van der Waals surface area contributed by atoms with Gasteiger partial charge >= 0.3 is 0 Å². The molecule has 1 aromatic carbocycles. The third kappa shape index (κ3) is 4.31. The van der Waals surface area contributed by atoms with E-state index in [2.05, 4.69) is 47.5 Å². The molecule has 1 aliphatic carbocycles. The minimum atomic E-state index is 0.564. The summed E-state index contributed by atoms with van der Waals surface area (Å²) in [7, 11) is 0. The summed E-state index contributed by atoms with van der Waals surface area (Å²) < 4.78 is 0. The van der Waals surface area contributed by atoms with Crippen LogP contribution >= 0.6 is 0 Å². The van der Waals surface area contributed by atoms with Gasteiger partial charge in [0.15, 0.2) is 0 Å². The molecule has 1 saturated heterocycles. The maximum atomic E-state index is 3.75. The quantitative estimate of drug-likeness (QED) is 0.815. The van der Waals surface area contributed by atoms with Crippen LogP contribution in [0.2, 0.25) is 0 Å². The molecule has 1 unspecified atom stereocenters. The number of rotatable bonds is 7. The van der Waals surface area contributed by atoms with Crippen LogP contribution in [0.15, 0.2) is 30.3 Å². The molecule has 1 atom stereocenters. The van der Waals surface area contributed by atoms with E-state index in [1.165, 1.54) is 57.2 Å². The van der Waals surface area contributed by atoms with Crippen LogP contribution in [0.5, 0.6) is 0 Å². The van der Waals surface area contributed by atoms with Crippen molar-refractivity contribution in [1.82, 2.24) is 10.2 Å². The van der Waals surface area contributed by atoms with E-state index in [4.69, 9.17) is 0 Å². The second kappa shape index (κ2) is 7.42. The van der Waals surface area contributed by atoms with E-state index < -0.39 is 0 Å². The molecule has 2 fully saturated rings. The number of benzene rings is 1. The maximum absolute atomic E-state index is 3.75. The Bertz CT molecular complexity index is 405. The largest absolute Gasteiger partial charge is 0.312 e. The van der Waals surface area contributed by atoms with E-state index >= 15 is 0 Å². The second-order valence-electron chi connectivity index (χ2n) is 6.88. The van der Waals surface area contributed by atoms with E-state index in [0.29, 0.717) is 6.04 Å². The molecule has 1 aromatic rings. The number of piperidine rings is 1. The first-order valence-corrected chi connectivity index (χ1v) is 8.89. The fraction of sp³-hybridized carbons (Fsp3) is 0.684. The molecule has 21 heavy (non-hydrogen) atoms. The SMILES string of the molecule is CCCC1CCN(C(CNC2CC2)c2ccccc2)CC1. The first-order chi connectivity index (χ1) is 10.4. The third-order valence-corrected chi connectivity index (χ3v) is 5.15. The van der Waals surface area contributed by atoms with Crippen LogP contribution in [0, 0.1) is 5.92 Å². The molecule has 116 valence electrons. The molecule has 0 amide bonds. The predicted molar refractivity (Wildman–Crippen MR) is 89.4 cm³/mol. The topological polar surface area (TPSA) is 15.3 Å². The van der Waals surface area contributed by atoms with E-state index in [1.54, 1.807) is 0 Å². The van der Waals surface area contributed by atoms with Crippen LogP contribution in [0.3, 0.4) is 0 Å². The lowest BCUT2D eigenvalue weighted by atomic mass is 9.91. The Morgan fingerprint density at radius 2 is 1.81 bits per heavy atom. The molecule has 0 spiro atoms. The number of nitrogens with zero attached hydrogens (tertiary/aromatic N) is 1. The molecule has 3 rings (SSSR count). The fourth-order valence-corrected chi connectivity index (χ4v) is 3.66. The van der Waals surface area contributed by atoms with Gasteiger partial charge in [0, 0.05) is 18.6 Å². The molecule has 0 radical (unpaired) electrons. The van der Waals surface area contributed by atoms with E-state index in [0.717, 1.165) is 18.5 Å². The van der Waals surface area contributed by atoms with Gasteiger partial charge in [0.2, 0.25) is 0 Å². The lowest BCUT2D eigenvalue weighted by Gasteiger charge is -2.38. The Hall–Kier alpha value is -0.860. The minimum absolute atomic E-state index is 0.564. The van der Waals surface area contributed by atoms with Crippen molar-refractivity contribution in [1.29, 1.82) is 0 Å². The van der Waals surface area contributed by atoms with Crippen molar-refractivity contribution >= 4 is 0 Å². The standard InChI is InChI=1S/C19H30N2/c1-2-6-16-11-13-21(14-12-16)19(15-20-18-9-10-18)17-7-4-3-5-8-17/h3-5,7-8,16,18-20H,2,6,9-15H2,1H3. The molecular formula is C19H30N2. The molecule has 0 aromatic heterocycles. The molecule has 1 N–H and O–H groups in total. The predicted octanol–water partition coefficient (Wildman–Crippen LogP) is 3.99. The Morgan fingerprint density at radius 3 is 2.43 bits per heavy atom. The molecular weight excluding hydrogens is 256 g/mol. The van der Waals surface area contributed by atoms with Crippen LogP contribution < -0.4 is 5.32 Å². The normalized spacial score (nSPS) is 22.3. The molecule has 1 heterocycles. The highest BCUT2D eigenvalue weighted by atomic mass is 15.2. The van der Waals surface area contributed by atoms with Crippen LogP contribution in [0.25, 0.3) is 0 Å². The van der Waals surface area contributed by atoms with Crippen LogP contribution in [0.1, 0.15) is 57.1 Å². The van der Waals surface area contributed by atoms with Gasteiger partial charge in [-0.2, -0.15) is 0 Å². The van der Waals surface area contributed by atoms with Gasteiger partial charge in [-0.05, 0) is 50.3 Å². The van der Waals surface area contributed by atoms with Crippen molar-refractivity contribution in [3.05, 3.63) is 35.9 Å². The van der Waals surface area contributed by atoms with E-state index in [-0.39, 0.29) is 0 Å². The van der Waals surface area contributed by atoms with Gasteiger partial charge in [-0.1, -0.05) is 50.1 Å². The Labute approximate surface area is 129 Å². The lowest BCUT2D eigenvalue weighted by molar-refractivity contribution is 0.126. The molecule has 2 aliphatic rings.